The second-order valence-corrected chi connectivity index (χ2v) is 8.25. The molecule has 4 aromatic carbocycles. The van der Waals surface area contributed by atoms with Crippen molar-refractivity contribution in [3.05, 3.63) is 137 Å². The molecular weight excluding hydrogens is 418 g/mol. The summed E-state index contributed by atoms with van der Waals surface area (Å²) in [5.41, 5.74) is 5.19. The Labute approximate surface area is 199 Å². The van der Waals surface area contributed by atoms with E-state index in [4.69, 9.17) is 0 Å². The molecule has 0 saturated heterocycles. The number of ketones is 1. The molecule has 166 valence electrons. The molecule has 0 spiro atoms. The van der Waals surface area contributed by atoms with Crippen molar-refractivity contribution >= 4 is 28.6 Å². The molecule has 5 rings (SSSR count). The lowest BCUT2D eigenvalue weighted by Gasteiger charge is -2.20. The predicted molar refractivity (Wildman–Crippen MR) is 140 cm³/mol. The van der Waals surface area contributed by atoms with Crippen LogP contribution < -0.4 is 10.6 Å². The van der Waals surface area contributed by atoms with Gasteiger partial charge in [-0.3, -0.25) is 4.79 Å². The topological polar surface area (TPSA) is 53.5 Å². The molecule has 0 fully saturated rings. The van der Waals surface area contributed by atoms with Crippen molar-refractivity contribution in [2.45, 2.75) is 6.42 Å². The van der Waals surface area contributed by atoms with Gasteiger partial charge in [-0.1, -0.05) is 97.6 Å². The molecule has 1 aliphatic heterocycles. The van der Waals surface area contributed by atoms with E-state index < -0.39 is 0 Å². The van der Waals surface area contributed by atoms with Gasteiger partial charge in [0.2, 0.25) is 0 Å². The van der Waals surface area contributed by atoms with Gasteiger partial charge in [-0.15, -0.1) is 0 Å². The Morgan fingerprint density at radius 3 is 2.50 bits per heavy atom. The number of carbonyl (C=O) groups is 1. The van der Waals surface area contributed by atoms with E-state index in [0.29, 0.717) is 23.5 Å². The minimum atomic E-state index is -0.0948. The van der Waals surface area contributed by atoms with Gasteiger partial charge in [0, 0.05) is 28.9 Å². The van der Waals surface area contributed by atoms with Gasteiger partial charge in [-0.25, -0.2) is 4.99 Å². The van der Waals surface area contributed by atoms with Gasteiger partial charge in [-0.05, 0) is 34.4 Å². The standard InChI is InChI=1S/C30H25N3O/c1-21(29(34)26-16-9-14-23-12-5-7-15-25(23)26)27-19-31-20-32-30(27)33-28-17-8-6-13-24(28)18-22-10-3-2-4-11-22/h2-17,20,33H,1,18-19H2,(H,31,32). The minimum absolute atomic E-state index is 0.0948. The fraction of sp³-hybridized carbons (Fsp3) is 0.0667. The van der Waals surface area contributed by atoms with E-state index in [2.05, 4.69) is 40.4 Å². The van der Waals surface area contributed by atoms with Crippen LogP contribution in [0.2, 0.25) is 0 Å². The highest BCUT2D eigenvalue weighted by molar-refractivity contribution is 6.18. The molecule has 0 aromatic heterocycles. The van der Waals surface area contributed by atoms with Crippen molar-refractivity contribution < 1.29 is 4.79 Å². The molecule has 0 aliphatic carbocycles. The predicted octanol–water partition coefficient (Wildman–Crippen LogP) is 6.12. The molecule has 1 heterocycles. The normalized spacial score (nSPS) is 12.9. The molecule has 0 bridgehead atoms. The molecule has 0 atom stereocenters. The van der Waals surface area contributed by atoms with Crippen LogP contribution in [-0.4, -0.2) is 18.7 Å². The van der Waals surface area contributed by atoms with Crippen LogP contribution in [0, 0.1) is 0 Å². The lowest BCUT2D eigenvalue weighted by molar-refractivity contribution is 0.103. The molecule has 0 saturated carbocycles. The van der Waals surface area contributed by atoms with Gasteiger partial charge < -0.3 is 10.6 Å². The number of carbonyl (C=O) groups excluding carboxylic acids is 1. The highest BCUT2D eigenvalue weighted by atomic mass is 16.1. The Bertz CT molecular complexity index is 1430. The number of nitrogens with zero attached hydrogens (tertiary/aromatic N) is 1. The van der Waals surface area contributed by atoms with E-state index in [-0.39, 0.29) is 5.78 Å². The maximum atomic E-state index is 13.5. The first-order valence-electron chi connectivity index (χ1n) is 11.3. The summed E-state index contributed by atoms with van der Waals surface area (Å²) in [6.45, 7) is 4.66. The van der Waals surface area contributed by atoms with E-state index in [0.717, 1.165) is 34.0 Å². The molecule has 34 heavy (non-hydrogen) atoms. The number of hydrogen-bond acceptors (Lipinski definition) is 4. The maximum Gasteiger partial charge on any atom is 0.193 e. The Morgan fingerprint density at radius 2 is 1.62 bits per heavy atom. The van der Waals surface area contributed by atoms with E-state index in [1.54, 1.807) is 6.34 Å². The number of para-hydroxylation sites is 1. The summed E-state index contributed by atoms with van der Waals surface area (Å²) in [6, 6.07) is 32.2. The fourth-order valence-corrected chi connectivity index (χ4v) is 4.24. The number of rotatable bonds is 7. The zero-order valence-electron chi connectivity index (χ0n) is 18.8. The molecule has 2 N–H and O–H groups in total. The zero-order chi connectivity index (χ0) is 23.3. The second-order valence-electron chi connectivity index (χ2n) is 8.25. The molecule has 4 aromatic rings. The van der Waals surface area contributed by atoms with Crippen molar-refractivity contribution in [3.63, 3.8) is 0 Å². The highest BCUT2D eigenvalue weighted by Gasteiger charge is 2.21. The second kappa shape index (κ2) is 9.59. The summed E-state index contributed by atoms with van der Waals surface area (Å²) in [5, 5.41) is 8.55. The third kappa shape index (κ3) is 4.39. The third-order valence-corrected chi connectivity index (χ3v) is 6.03. The Hall–Kier alpha value is -4.44. The smallest absolute Gasteiger partial charge is 0.193 e. The van der Waals surface area contributed by atoms with Crippen LogP contribution in [0.15, 0.2) is 126 Å². The molecule has 0 radical (unpaired) electrons. The summed E-state index contributed by atoms with van der Waals surface area (Å²) < 4.78 is 0. The number of fused-ring (bicyclic) bond motifs is 1. The van der Waals surface area contributed by atoms with Crippen LogP contribution >= 0.6 is 0 Å². The first kappa shape index (κ1) is 21.4. The molecule has 4 nitrogen and oxygen atoms in total. The van der Waals surface area contributed by atoms with Crippen molar-refractivity contribution in [3.8, 4) is 0 Å². The Morgan fingerprint density at radius 1 is 0.882 bits per heavy atom. The summed E-state index contributed by atoms with van der Waals surface area (Å²) in [7, 11) is 0. The SMILES string of the molecule is C=C(C(=O)c1cccc2ccccc12)C1=C(Nc2ccccc2Cc2ccccc2)N=CNC1. The van der Waals surface area contributed by atoms with Gasteiger partial charge in [0.05, 0.1) is 6.34 Å². The van der Waals surface area contributed by atoms with E-state index in [1.165, 1.54) is 5.56 Å². The lowest BCUT2D eigenvalue weighted by atomic mass is 9.93. The van der Waals surface area contributed by atoms with Gasteiger partial charge >= 0.3 is 0 Å². The van der Waals surface area contributed by atoms with Crippen molar-refractivity contribution in [1.29, 1.82) is 0 Å². The highest BCUT2D eigenvalue weighted by Crippen LogP contribution is 2.27. The molecule has 4 heteroatoms. The van der Waals surface area contributed by atoms with E-state index >= 15 is 0 Å². The van der Waals surface area contributed by atoms with Crippen LogP contribution in [-0.2, 0) is 6.42 Å². The number of benzene rings is 4. The van der Waals surface area contributed by atoms with E-state index in [9.17, 15) is 4.79 Å². The Kier molecular flexibility index (Phi) is 6.04. The summed E-state index contributed by atoms with van der Waals surface area (Å²) in [6.07, 6.45) is 2.45. The van der Waals surface area contributed by atoms with E-state index in [1.807, 2.05) is 78.9 Å². The van der Waals surface area contributed by atoms with Crippen LogP contribution in [0.1, 0.15) is 21.5 Å². The average Bonchev–Trinajstić information content (AvgIpc) is 2.89. The Balaban J connectivity index is 1.47. The van der Waals surface area contributed by atoms with Gasteiger partial charge in [0.1, 0.15) is 5.82 Å². The molecule has 1 aliphatic rings. The minimum Gasteiger partial charge on any atom is -0.372 e. The maximum absolute atomic E-state index is 13.5. The number of aliphatic imine (C=N–C) groups is 1. The molecule has 0 unspecified atom stereocenters. The van der Waals surface area contributed by atoms with Gasteiger partial charge in [0.25, 0.3) is 0 Å². The van der Waals surface area contributed by atoms with Gasteiger partial charge in [0.15, 0.2) is 5.78 Å². The largest absolute Gasteiger partial charge is 0.372 e. The van der Waals surface area contributed by atoms with Crippen LogP contribution in [0.5, 0.6) is 0 Å². The van der Waals surface area contributed by atoms with Crippen molar-refractivity contribution in [1.82, 2.24) is 5.32 Å². The lowest BCUT2D eigenvalue weighted by Crippen LogP contribution is -2.25. The van der Waals surface area contributed by atoms with Gasteiger partial charge in [-0.2, -0.15) is 0 Å². The number of Topliss-reactive ketones (excluding diaryl/α,β-unsaturated/α-hetero) is 1. The van der Waals surface area contributed by atoms with Crippen LogP contribution in [0.4, 0.5) is 5.69 Å². The van der Waals surface area contributed by atoms with Crippen molar-refractivity contribution in [2.75, 3.05) is 11.9 Å². The van der Waals surface area contributed by atoms with Crippen LogP contribution in [0.3, 0.4) is 0 Å². The zero-order valence-corrected chi connectivity index (χ0v) is 18.8. The summed E-state index contributed by atoms with van der Waals surface area (Å²) in [4.78, 5) is 18.1. The first-order chi connectivity index (χ1) is 16.7. The summed E-state index contributed by atoms with van der Waals surface area (Å²) >= 11 is 0. The number of anilines is 1. The van der Waals surface area contributed by atoms with Crippen LogP contribution in [0.25, 0.3) is 10.8 Å². The number of hydrogen-bond donors (Lipinski definition) is 2. The average molecular weight is 444 g/mol. The quantitative estimate of drug-likeness (QED) is 0.267. The third-order valence-electron chi connectivity index (χ3n) is 6.03. The first-order valence-corrected chi connectivity index (χ1v) is 11.3. The number of nitrogens with one attached hydrogen (secondary N) is 2. The molecule has 0 amide bonds. The molecular formula is C30H25N3O. The monoisotopic (exact) mass is 443 g/mol. The fourth-order valence-electron chi connectivity index (χ4n) is 4.24. The van der Waals surface area contributed by atoms with Crippen molar-refractivity contribution in [2.24, 2.45) is 4.99 Å². The summed E-state index contributed by atoms with van der Waals surface area (Å²) in [5.74, 6) is 0.542.